The highest BCUT2D eigenvalue weighted by molar-refractivity contribution is 5.74. The third kappa shape index (κ3) is 3.98. The molecule has 9 heteroatoms. The average Bonchev–Trinajstić information content (AvgIpc) is 3.08. The van der Waals surface area contributed by atoms with Crippen LogP contribution in [0.1, 0.15) is 25.6 Å². The van der Waals surface area contributed by atoms with Crippen molar-refractivity contribution in [1.82, 2.24) is 35.4 Å². The van der Waals surface area contributed by atoms with Gasteiger partial charge in [-0.3, -0.25) is 0 Å². The summed E-state index contributed by atoms with van der Waals surface area (Å²) in [4.78, 5) is 22.8. The lowest BCUT2D eigenvalue weighted by atomic mass is 10.1. The summed E-state index contributed by atoms with van der Waals surface area (Å²) in [6, 6.07) is 1.68. The molecule has 128 valence electrons. The molecule has 1 aliphatic rings. The molecule has 9 nitrogen and oxygen atoms in total. The first kappa shape index (κ1) is 16.2. The molecule has 0 radical (unpaired) electrons. The van der Waals surface area contributed by atoms with E-state index >= 15 is 0 Å². The topological polar surface area (TPSA) is 101 Å². The molecule has 3 heterocycles. The van der Waals surface area contributed by atoms with Crippen LogP contribution in [0.2, 0.25) is 0 Å². The third-order valence-corrected chi connectivity index (χ3v) is 4.04. The molecule has 0 spiro atoms. The highest BCUT2D eigenvalue weighted by Gasteiger charge is 2.22. The average molecular weight is 330 g/mol. The van der Waals surface area contributed by atoms with Crippen LogP contribution in [0.5, 0.6) is 0 Å². The fourth-order valence-electron chi connectivity index (χ4n) is 2.81. The smallest absolute Gasteiger partial charge is 0.315 e. The summed E-state index contributed by atoms with van der Waals surface area (Å²) in [7, 11) is 0. The number of hydrogen-bond acceptors (Lipinski definition) is 6. The second-order valence-electron chi connectivity index (χ2n) is 5.69. The summed E-state index contributed by atoms with van der Waals surface area (Å²) in [5, 5.41) is 13.7. The number of carbonyl (C=O) groups is 1. The van der Waals surface area contributed by atoms with Crippen LogP contribution in [0.15, 0.2) is 24.8 Å². The molecule has 0 saturated carbocycles. The Morgan fingerprint density at radius 2 is 2.21 bits per heavy atom. The van der Waals surface area contributed by atoms with Crippen molar-refractivity contribution in [2.45, 2.75) is 38.9 Å². The molecule has 2 aromatic heterocycles. The van der Waals surface area contributed by atoms with E-state index < -0.39 is 0 Å². The van der Waals surface area contributed by atoms with Gasteiger partial charge in [0.1, 0.15) is 6.33 Å². The van der Waals surface area contributed by atoms with Crippen LogP contribution in [-0.2, 0) is 13.1 Å². The molecule has 2 amide bonds. The normalized spacial score (nSPS) is 17.5. The standard InChI is InChI=1S/C15H22N8O/c1-2-22-11-19-21-13(22)9-18-15(24)20-12-5-3-8-23(10-12)14-16-6-4-7-17-14/h4,6-7,11-12H,2-3,5,8-10H2,1H3,(H2,18,20,24)/t12-/m0/s1. The number of hydrogen-bond donors (Lipinski definition) is 2. The minimum absolute atomic E-state index is 0.0756. The van der Waals surface area contributed by atoms with E-state index in [1.54, 1.807) is 24.8 Å². The molecule has 2 N–H and O–H groups in total. The first-order valence-electron chi connectivity index (χ1n) is 8.19. The highest BCUT2D eigenvalue weighted by Crippen LogP contribution is 2.15. The summed E-state index contributed by atoms with van der Waals surface area (Å²) in [5.41, 5.74) is 0. The Labute approximate surface area is 140 Å². The van der Waals surface area contributed by atoms with E-state index in [4.69, 9.17) is 0 Å². The van der Waals surface area contributed by atoms with E-state index in [1.807, 2.05) is 11.5 Å². The van der Waals surface area contributed by atoms with E-state index in [-0.39, 0.29) is 12.1 Å². The van der Waals surface area contributed by atoms with Gasteiger partial charge in [0.25, 0.3) is 0 Å². The molecular weight excluding hydrogens is 308 g/mol. The monoisotopic (exact) mass is 330 g/mol. The van der Waals surface area contributed by atoms with Crippen molar-refractivity contribution >= 4 is 12.0 Å². The summed E-state index contributed by atoms with van der Waals surface area (Å²) >= 11 is 0. The lowest BCUT2D eigenvalue weighted by molar-refractivity contribution is 0.234. The zero-order valence-electron chi connectivity index (χ0n) is 13.7. The van der Waals surface area contributed by atoms with E-state index in [9.17, 15) is 4.79 Å². The van der Waals surface area contributed by atoms with Crippen molar-refractivity contribution in [3.8, 4) is 0 Å². The minimum atomic E-state index is -0.193. The number of urea groups is 1. The molecule has 0 unspecified atom stereocenters. The Bertz CT molecular complexity index is 659. The van der Waals surface area contributed by atoms with Crippen LogP contribution < -0.4 is 15.5 Å². The van der Waals surface area contributed by atoms with Crippen molar-refractivity contribution in [2.24, 2.45) is 0 Å². The maximum absolute atomic E-state index is 12.1. The van der Waals surface area contributed by atoms with Crippen molar-refractivity contribution < 1.29 is 4.79 Å². The van der Waals surface area contributed by atoms with Crippen molar-refractivity contribution in [3.05, 3.63) is 30.6 Å². The van der Waals surface area contributed by atoms with Crippen molar-refractivity contribution in [3.63, 3.8) is 0 Å². The lowest BCUT2D eigenvalue weighted by Gasteiger charge is -2.33. The Morgan fingerprint density at radius 1 is 1.38 bits per heavy atom. The molecule has 1 atom stereocenters. The van der Waals surface area contributed by atoms with Crippen molar-refractivity contribution in [2.75, 3.05) is 18.0 Å². The zero-order chi connectivity index (χ0) is 16.8. The highest BCUT2D eigenvalue weighted by atomic mass is 16.2. The van der Waals surface area contributed by atoms with Crippen LogP contribution in [0.3, 0.4) is 0 Å². The second kappa shape index (κ2) is 7.71. The van der Waals surface area contributed by atoms with Crippen LogP contribution >= 0.6 is 0 Å². The summed E-state index contributed by atoms with van der Waals surface area (Å²) < 4.78 is 1.90. The van der Waals surface area contributed by atoms with E-state index in [0.717, 1.165) is 31.8 Å². The first-order chi connectivity index (χ1) is 11.8. The number of carbonyl (C=O) groups excluding carboxylic acids is 1. The van der Waals surface area contributed by atoms with Gasteiger partial charge in [-0.1, -0.05) is 0 Å². The Balaban J connectivity index is 1.49. The molecule has 3 rings (SSSR count). The molecule has 0 bridgehead atoms. The van der Waals surface area contributed by atoms with Crippen LogP contribution in [0, 0.1) is 0 Å². The molecule has 0 aromatic carbocycles. The fraction of sp³-hybridized carbons (Fsp3) is 0.533. The molecule has 1 aliphatic heterocycles. The first-order valence-corrected chi connectivity index (χ1v) is 8.19. The number of nitrogens with zero attached hydrogens (tertiary/aromatic N) is 6. The SMILES string of the molecule is CCn1cnnc1CNC(=O)N[C@H]1CCCN(c2ncccn2)C1. The number of piperidine rings is 1. The second-order valence-corrected chi connectivity index (χ2v) is 5.69. The molecule has 2 aromatic rings. The van der Waals surface area contributed by atoms with Gasteiger partial charge < -0.3 is 20.1 Å². The Morgan fingerprint density at radius 3 is 3.00 bits per heavy atom. The summed E-state index contributed by atoms with van der Waals surface area (Å²) in [6.07, 6.45) is 7.06. The van der Waals surface area contributed by atoms with Gasteiger partial charge in [-0.05, 0) is 25.8 Å². The maximum atomic E-state index is 12.1. The van der Waals surface area contributed by atoms with Gasteiger partial charge in [0.2, 0.25) is 5.95 Å². The molecular formula is C15H22N8O. The van der Waals surface area contributed by atoms with Crippen molar-refractivity contribution in [1.29, 1.82) is 0 Å². The molecule has 24 heavy (non-hydrogen) atoms. The van der Waals surface area contributed by atoms with Gasteiger partial charge in [-0.15, -0.1) is 10.2 Å². The van der Waals surface area contributed by atoms with Gasteiger partial charge in [-0.2, -0.15) is 0 Å². The van der Waals surface area contributed by atoms with Gasteiger partial charge in [0.05, 0.1) is 6.54 Å². The van der Waals surface area contributed by atoms with Gasteiger partial charge in [0.15, 0.2) is 5.82 Å². The molecule has 0 aliphatic carbocycles. The van der Waals surface area contributed by atoms with E-state index in [0.29, 0.717) is 19.0 Å². The number of rotatable bonds is 5. The van der Waals surface area contributed by atoms with Crippen LogP contribution in [0.4, 0.5) is 10.7 Å². The number of amides is 2. The number of anilines is 1. The van der Waals surface area contributed by atoms with Crippen LogP contribution in [0.25, 0.3) is 0 Å². The fourth-order valence-corrected chi connectivity index (χ4v) is 2.81. The molecule has 1 saturated heterocycles. The van der Waals surface area contributed by atoms with Gasteiger partial charge in [0, 0.05) is 38.1 Å². The Hall–Kier alpha value is -2.71. The predicted octanol–water partition coefficient (Wildman–Crippen LogP) is 0.556. The number of nitrogens with one attached hydrogen (secondary N) is 2. The predicted molar refractivity (Wildman–Crippen MR) is 88.3 cm³/mol. The quantitative estimate of drug-likeness (QED) is 0.830. The number of aromatic nitrogens is 5. The van der Waals surface area contributed by atoms with E-state index in [1.165, 1.54) is 0 Å². The largest absolute Gasteiger partial charge is 0.339 e. The molecule has 1 fully saturated rings. The van der Waals surface area contributed by atoms with Gasteiger partial charge >= 0.3 is 6.03 Å². The summed E-state index contributed by atoms with van der Waals surface area (Å²) in [5.74, 6) is 1.45. The minimum Gasteiger partial charge on any atom is -0.339 e. The zero-order valence-corrected chi connectivity index (χ0v) is 13.7. The third-order valence-electron chi connectivity index (χ3n) is 4.04. The Kier molecular flexibility index (Phi) is 5.19. The summed E-state index contributed by atoms with van der Waals surface area (Å²) in [6.45, 7) is 4.76. The van der Waals surface area contributed by atoms with E-state index in [2.05, 4.69) is 35.7 Å². The number of aryl methyl sites for hydroxylation is 1. The van der Waals surface area contributed by atoms with Crippen LogP contribution in [-0.4, -0.2) is 49.9 Å². The lowest BCUT2D eigenvalue weighted by Crippen LogP contribution is -2.50. The maximum Gasteiger partial charge on any atom is 0.315 e. The van der Waals surface area contributed by atoms with Gasteiger partial charge in [-0.25, -0.2) is 14.8 Å².